The molecule has 1 aromatic carbocycles. The van der Waals surface area contributed by atoms with Gasteiger partial charge in [0.2, 0.25) is 5.91 Å². The summed E-state index contributed by atoms with van der Waals surface area (Å²) >= 11 is 13.5. The van der Waals surface area contributed by atoms with Crippen LogP contribution in [0, 0.1) is 6.92 Å². The zero-order valence-electron chi connectivity index (χ0n) is 15.6. The zero-order valence-corrected chi connectivity index (χ0v) is 17.9. The molecule has 1 fully saturated rings. The van der Waals surface area contributed by atoms with Crippen molar-refractivity contribution >= 4 is 46.4 Å². The molecule has 0 aliphatic carbocycles. The Morgan fingerprint density at radius 3 is 2.75 bits per heavy atom. The van der Waals surface area contributed by atoms with E-state index in [-0.39, 0.29) is 23.4 Å². The van der Waals surface area contributed by atoms with E-state index in [1.165, 1.54) is 6.07 Å². The highest BCUT2D eigenvalue weighted by Crippen LogP contribution is 2.20. The van der Waals surface area contributed by atoms with Crippen molar-refractivity contribution in [1.29, 1.82) is 0 Å². The molecule has 150 valence electrons. The van der Waals surface area contributed by atoms with E-state index < -0.39 is 0 Å². The molecule has 2 heterocycles. The first kappa shape index (κ1) is 21.0. The van der Waals surface area contributed by atoms with Crippen LogP contribution in [0.4, 0.5) is 0 Å². The van der Waals surface area contributed by atoms with Crippen LogP contribution in [0.2, 0.25) is 10.0 Å². The first-order valence-electron chi connectivity index (χ1n) is 9.07. The summed E-state index contributed by atoms with van der Waals surface area (Å²) in [5, 5.41) is 6.52. The molecular formula is C19H22Cl2N4O2S. The number of carbonyl (C=O) groups is 2. The van der Waals surface area contributed by atoms with Crippen LogP contribution in [0.15, 0.2) is 23.6 Å². The monoisotopic (exact) mass is 440 g/mol. The Morgan fingerprint density at radius 2 is 2.04 bits per heavy atom. The summed E-state index contributed by atoms with van der Waals surface area (Å²) in [5.41, 5.74) is 1.38. The van der Waals surface area contributed by atoms with Gasteiger partial charge < -0.3 is 10.2 Å². The Bertz CT molecular complexity index is 858. The Morgan fingerprint density at radius 1 is 1.21 bits per heavy atom. The summed E-state index contributed by atoms with van der Waals surface area (Å²) in [7, 11) is 0. The van der Waals surface area contributed by atoms with Crippen LogP contribution in [0.5, 0.6) is 0 Å². The fraction of sp³-hybridized carbons (Fsp3) is 0.421. The number of aryl methyl sites for hydroxylation is 1. The number of nitrogens with zero attached hydrogens (tertiary/aromatic N) is 3. The molecule has 28 heavy (non-hydrogen) atoms. The Kier molecular flexibility index (Phi) is 7.29. The molecule has 3 rings (SSSR count). The molecule has 2 amide bonds. The standard InChI is InChI=1S/C19H22Cl2N4O2S/c1-13-23-15(12-28-13)11-24-5-2-6-25(8-7-24)18(26)10-22-19(27)16-4-3-14(20)9-17(16)21/h3-4,9,12H,2,5-8,10-11H2,1H3,(H,22,27). The molecular weight excluding hydrogens is 419 g/mol. The van der Waals surface area contributed by atoms with Gasteiger partial charge >= 0.3 is 0 Å². The summed E-state index contributed by atoms with van der Waals surface area (Å²) in [6, 6.07) is 4.65. The molecule has 0 unspecified atom stereocenters. The van der Waals surface area contributed by atoms with Crippen LogP contribution in [0.3, 0.4) is 0 Å². The van der Waals surface area contributed by atoms with E-state index in [4.69, 9.17) is 23.2 Å². The van der Waals surface area contributed by atoms with Gasteiger partial charge in [-0.15, -0.1) is 11.3 Å². The van der Waals surface area contributed by atoms with Crippen LogP contribution >= 0.6 is 34.5 Å². The Labute approximate surface area is 178 Å². The lowest BCUT2D eigenvalue weighted by molar-refractivity contribution is -0.130. The summed E-state index contributed by atoms with van der Waals surface area (Å²) < 4.78 is 0. The number of halogens is 2. The third kappa shape index (κ3) is 5.67. The predicted molar refractivity (Wildman–Crippen MR) is 112 cm³/mol. The predicted octanol–water partition coefficient (Wildman–Crippen LogP) is 3.22. The number of carbonyl (C=O) groups excluding carboxylic acids is 2. The maximum absolute atomic E-state index is 12.5. The van der Waals surface area contributed by atoms with Gasteiger partial charge in [0, 0.05) is 43.1 Å². The molecule has 9 heteroatoms. The molecule has 6 nitrogen and oxygen atoms in total. The van der Waals surface area contributed by atoms with E-state index in [2.05, 4.69) is 20.6 Å². The quantitative estimate of drug-likeness (QED) is 0.774. The summed E-state index contributed by atoms with van der Waals surface area (Å²) in [4.78, 5) is 33.4. The maximum atomic E-state index is 12.5. The molecule has 0 spiro atoms. The molecule has 1 saturated heterocycles. The van der Waals surface area contributed by atoms with Crippen molar-refractivity contribution in [3.8, 4) is 0 Å². The number of rotatable bonds is 5. The highest BCUT2D eigenvalue weighted by molar-refractivity contribution is 7.09. The normalized spacial score (nSPS) is 15.3. The van der Waals surface area contributed by atoms with Crippen molar-refractivity contribution < 1.29 is 9.59 Å². The van der Waals surface area contributed by atoms with E-state index >= 15 is 0 Å². The molecule has 2 aromatic rings. The number of benzene rings is 1. The van der Waals surface area contributed by atoms with E-state index in [1.807, 2.05) is 6.92 Å². The zero-order chi connectivity index (χ0) is 20.1. The van der Waals surface area contributed by atoms with E-state index in [0.717, 1.165) is 36.8 Å². The second-order valence-electron chi connectivity index (χ2n) is 6.68. The average Bonchev–Trinajstić information content (AvgIpc) is 2.92. The number of nitrogens with one attached hydrogen (secondary N) is 1. The molecule has 0 saturated carbocycles. The molecule has 0 radical (unpaired) electrons. The molecule has 0 bridgehead atoms. The fourth-order valence-electron chi connectivity index (χ4n) is 3.12. The van der Waals surface area contributed by atoms with Gasteiger partial charge in [-0.3, -0.25) is 14.5 Å². The van der Waals surface area contributed by atoms with Gasteiger partial charge in [0.1, 0.15) is 0 Å². The van der Waals surface area contributed by atoms with Gasteiger partial charge in [0.15, 0.2) is 0 Å². The SMILES string of the molecule is Cc1nc(CN2CCCN(C(=O)CNC(=O)c3ccc(Cl)cc3Cl)CC2)cs1. The number of aromatic nitrogens is 1. The number of thiazole rings is 1. The molecule has 1 aliphatic rings. The topological polar surface area (TPSA) is 65.5 Å². The van der Waals surface area contributed by atoms with Crippen LogP contribution in [0.1, 0.15) is 27.5 Å². The van der Waals surface area contributed by atoms with Gasteiger partial charge in [0.05, 0.1) is 27.8 Å². The van der Waals surface area contributed by atoms with E-state index in [0.29, 0.717) is 23.7 Å². The minimum absolute atomic E-state index is 0.0525. The van der Waals surface area contributed by atoms with Crippen molar-refractivity contribution in [2.75, 3.05) is 32.7 Å². The second-order valence-corrected chi connectivity index (χ2v) is 8.58. The lowest BCUT2D eigenvalue weighted by atomic mass is 10.2. The maximum Gasteiger partial charge on any atom is 0.253 e. The fourth-order valence-corrected chi connectivity index (χ4v) is 4.22. The van der Waals surface area contributed by atoms with Crippen molar-refractivity contribution in [2.24, 2.45) is 0 Å². The van der Waals surface area contributed by atoms with E-state index in [9.17, 15) is 9.59 Å². The third-order valence-corrected chi connectivity index (χ3v) is 5.94. The summed E-state index contributed by atoms with van der Waals surface area (Å²) in [6.45, 7) is 5.79. The smallest absolute Gasteiger partial charge is 0.253 e. The van der Waals surface area contributed by atoms with Crippen LogP contribution < -0.4 is 5.32 Å². The molecule has 1 N–H and O–H groups in total. The van der Waals surface area contributed by atoms with Crippen LogP contribution in [-0.4, -0.2) is 59.3 Å². The van der Waals surface area contributed by atoms with Crippen molar-refractivity contribution in [3.05, 3.63) is 49.9 Å². The third-order valence-electron chi connectivity index (χ3n) is 4.57. The van der Waals surface area contributed by atoms with Gasteiger partial charge in [-0.2, -0.15) is 0 Å². The van der Waals surface area contributed by atoms with Crippen molar-refractivity contribution in [1.82, 2.24) is 20.1 Å². The molecule has 0 atom stereocenters. The van der Waals surface area contributed by atoms with Gasteiger partial charge in [-0.25, -0.2) is 4.98 Å². The van der Waals surface area contributed by atoms with Gasteiger partial charge in [-0.05, 0) is 31.5 Å². The van der Waals surface area contributed by atoms with Crippen molar-refractivity contribution in [3.63, 3.8) is 0 Å². The first-order chi connectivity index (χ1) is 13.4. The molecule has 1 aromatic heterocycles. The average molecular weight is 441 g/mol. The largest absolute Gasteiger partial charge is 0.343 e. The minimum atomic E-state index is -0.384. The van der Waals surface area contributed by atoms with Gasteiger partial charge in [0.25, 0.3) is 5.91 Å². The van der Waals surface area contributed by atoms with Crippen LogP contribution in [0.25, 0.3) is 0 Å². The van der Waals surface area contributed by atoms with Crippen LogP contribution in [-0.2, 0) is 11.3 Å². The lowest BCUT2D eigenvalue weighted by Gasteiger charge is -2.21. The van der Waals surface area contributed by atoms with E-state index in [1.54, 1.807) is 28.4 Å². The second kappa shape index (κ2) is 9.69. The number of hydrogen-bond acceptors (Lipinski definition) is 5. The molecule has 1 aliphatic heterocycles. The highest BCUT2D eigenvalue weighted by atomic mass is 35.5. The lowest BCUT2D eigenvalue weighted by Crippen LogP contribution is -2.42. The Hall–Kier alpha value is -1.67. The number of hydrogen-bond donors (Lipinski definition) is 1. The Balaban J connectivity index is 1.48. The minimum Gasteiger partial charge on any atom is -0.343 e. The summed E-state index contributed by atoms with van der Waals surface area (Å²) in [6.07, 6.45) is 0.895. The highest BCUT2D eigenvalue weighted by Gasteiger charge is 2.20. The summed E-state index contributed by atoms with van der Waals surface area (Å²) in [5.74, 6) is -0.477. The van der Waals surface area contributed by atoms with Gasteiger partial charge in [-0.1, -0.05) is 23.2 Å². The first-order valence-corrected chi connectivity index (χ1v) is 10.7. The van der Waals surface area contributed by atoms with Crippen molar-refractivity contribution in [2.45, 2.75) is 19.9 Å². The number of amides is 2.